The predicted octanol–water partition coefficient (Wildman–Crippen LogP) is 0.556. The van der Waals surface area contributed by atoms with Gasteiger partial charge in [-0.15, -0.1) is 0 Å². The molecular formula is C13H19NO4. The van der Waals surface area contributed by atoms with Crippen molar-refractivity contribution in [1.82, 2.24) is 0 Å². The monoisotopic (exact) mass is 253 g/mol. The first-order valence-corrected chi connectivity index (χ1v) is 6.02. The van der Waals surface area contributed by atoms with E-state index in [2.05, 4.69) is 0 Å². The first-order chi connectivity index (χ1) is 8.67. The highest BCUT2D eigenvalue weighted by Gasteiger charge is 2.19. The van der Waals surface area contributed by atoms with Crippen LogP contribution in [0.2, 0.25) is 0 Å². The molecule has 2 N–H and O–H groups in total. The lowest BCUT2D eigenvalue weighted by Crippen LogP contribution is -2.38. The summed E-state index contributed by atoms with van der Waals surface area (Å²) in [4.78, 5) is 1.85. The van der Waals surface area contributed by atoms with Crippen LogP contribution in [0.15, 0.2) is 12.1 Å². The zero-order chi connectivity index (χ0) is 13.1. The lowest BCUT2D eigenvalue weighted by molar-refractivity contribution is 0.171. The fourth-order valence-electron chi connectivity index (χ4n) is 2.06. The highest BCUT2D eigenvalue weighted by Crippen LogP contribution is 2.36. The first-order valence-electron chi connectivity index (χ1n) is 6.02. The largest absolute Gasteiger partial charge is 0.486 e. The van der Waals surface area contributed by atoms with Crippen LogP contribution in [0, 0.1) is 6.92 Å². The van der Waals surface area contributed by atoms with E-state index in [0.717, 1.165) is 17.0 Å². The second kappa shape index (κ2) is 5.46. The van der Waals surface area contributed by atoms with Gasteiger partial charge in [0.1, 0.15) is 13.2 Å². The summed E-state index contributed by atoms with van der Waals surface area (Å²) >= 11 is 0. The second-order valence-corrected chi connectivity index (χ2v) is 4.41. The molecule has 1 aliphatic heterocycles. The van der Waals surface area contributed by atoms with Crippen molar-refractivity contribution in [2.24, 2.45) is 0 Å². The van der Waals surface area contributed by atoms with Gasteiger partial charge in [0.05, 0.1) is 19.3 Å². The Bertz CT molecular complexity index is 418. The molecule has 0 bridgehead atoms. The van der Waals surface area contributed by atoms with Gasteiger partial charge in [-0.25, -0.2) is 0 Å². The number of aryl methyl sites for hydroxylation is 1. The third kappa shape index (κ3) is 2.37. The quantitative estimate of drug-likeness (QED) is 0.821. The number of benzene rings is 1. The Morgan fingerprint density at radius 2 is 1.72 bits per heavy atom. The van der Waals surface area contributed by atoms with Gasteiger partial charge in [-0.05, 0) is 18.6 Å². The molecule has 18 heavy (non-hydrogen) atoms. The van der Waals surface area contributed by atoms with Crippen molar-refractivity contribution in [3.05, 3.63) is 17.7 Å². The van der Waals surface area contributed by atoms with Crippen LogP contribution >= 0.6 is 0 Å². The molecule has 1 aliphatic rings. The van der Waals surface area contributed by atoms with Gasteiger partial charge in [-0.3, -0.25) is 0 Å². The highest BCUT2D eigenvalue weighted by atomic mass is 16.6. The summed E-state index contributed by atoms with van der Waals surface area (Å²) in [6, 6.07) is 3.50. The van der Waals surface area contributed by atoms with Crippen LogP contribution in [0.3, 0.4) is 0 Å². The predicted molar refractivity (Wildman–Crippen MR) is 68.5 cm³/mol. The average molecular weight is 253 g/mol. The summed E-state index contributed by atoms with van der Waals surface area (Å²) in [6.07, 6.45) is 0. The van der Waals surface area contributed by atoms with Crippen LogP contribution in [0.25, 0.3) is 0 Å². The van der Waals surface area contributed by atoms with Gasteiger partial charge in [-0.2, -0.15) is 0 Å². The van der Waals surface area contributed by atoms with Crippen molar-refractivity contribution in [3.63, 3.8) is 0 Å². The normalized spacial score (nSPS) is 13.8. The van der Waals surface area contributed by atoms with Crippen molar-refractivity contribution < 1.29 is 19.7 Å². The minimum Gasteiger partial charge on any atom is -0.486 e. The molecule has 100 valence electrons. The molecule has 0 atom stereocenters. The smallest absolute Gasteiger partial charge is 0.163 e. The number of anilines is 1. The number of hydrogen-bond acceptors (Lipinski definition) is 5. The lowest BCUT2D eigenvalue weighted by atomic mass is 10.1. The minimum absolute atomic E-state index is 0.0963. The molecule has 1 aromatic carbocycles. The Balaban J connectivity index is 2.32. The van der Waals surface area contributed by atoms with Crippen molar-refractivity contribution in [1.29, 1.82) is 0 Å². The fraction of sp³-hybridized carbons (Fsp3) is 0.538. The molecular weight excluding hydrogens is 234 g/mol. The van der Waals surface area contributed by atoms with Crippen molar-refractivity contribution in [2.75, 3.05) is 38.4 Å². The van der Waals surface area contributed by atoms with E-state index < -0.39 is 0 Å². The highest BCUT2D eigenvalue weighted by molar-refractivity contribution is 5.62. The van der Waals surface area contributed by atoms with E-state index in [9.17, 15) is 10.2 Å². The maximum absolute atomic E-state index is 9.23. The minimum atomic E-state index is -0.314. The standard InChI is InChI=1S/C13H19NO4/c1-9-5-12-13(18-4-3-17-12)6-11(9)14(2)10(7-15)8-16/h5-6,10,15-16H,3-4,7-8H2,1-2H3. The van der Waals surface area contributed by atoms with E-state index in [1.54, 1.807) is 0 Å². The number of aliphatic hydroxyl groups excluding tert-OH is 2. The van der Waals surface area contributed by atoms with E-state index in [-0.39, 0.29) is 19.3 Å². The number of rotatable bonds is 4. The molecule has 0 fully saturated rings. The molecule has 1 aromatic rings. The van der Waals surface area contributed by atoms with Crippen LogP contribution in [0.1, 0.15) is 5.56 Å². The van der Waals surface area contributed by atoms with Gasteiger partial charge in [0.25, 0.3) is 0 Å². The first kappa shape index (κ1) is 13.0. The maximum atomic E-state index is 9.23. The number of nitrogens with zero attached hydrogens (tertiary/aromatic N) is 1. The molecule has 0 unspecified atom stereocenters. The second-order valence-electron chi connectivity index (χ2n) is 4.41. The van der Waals surface area contributed by atoms with Crippen LogP contribution < -0.4 is 14.4 Å². The van der Waals surface area contributed by atoms with Gasteiger partial charge >= 0.3 is 0 Å². The summed E-state index contributed by atoms with van der Waals surface area (Å²) in [6.45, 7) is 2.89. The molecule has 5 nitrogen and oxygen atoms in total. The van der Waals surface area contributed by atoms with Crippen LogP contribution in [0.4, 0.5) is 5.69 Å². The summed E-state index contributed by atoms with van der Waals surface area (Å²) in [7, 11) is 1.84. The van der Waals surface area contributed by atoms with Gasteiger partial charge in [-0.1, -0.05) is 0 Å². The number of likely N-dealkylation sites (N-methyl/N-ethyl adjacent to an activating group) is 1. The Hall–Kier alpha value is -1.46. The maximum Gasteiger partial charge on any atom is 0.163 e. The Kier molecular flexibility index (Phi) is 3.93. The van der Waals surface area contributed by atoms with Gasteiger partial charge in [0.2, 0.25) is 0 Å². The van der Waals surface area contributed by atoms with Crippen molar-refractivity contribution in [3.8, 4) is 11.5 Å². The van der Waals surface area contributed by atoms with Crippen molar-refractivity contribution >= 4 is 5.69 Å². The number of ether oxygens (including phenoxy) is 2. The van der Waals surface area contributed by atoms with Crippen LogP contribution in [-0.2, 0) is 0 Å². The van der Waals surface area contributed by atoms with E-state index in [1.807, 2.05) is 31.0 Å². The lowest BCUT2D eigenvalue weighted by Gasteiger charge is -2.30. The van der Waals surface area contributed by atoms with E-state index >= 15 is 0 Å². The molecule has 5 heteroatoms. The number of fused-ring (bicyclic) bond motifs is 1. The van der Waals surface area contributed by atoms with Gasteiger partial charge < -0.3 is 24.6 Å². The number of hydrogen-bond donors (Lipinski definition) is 2. The zero-order valence-electron chi connectivity index (χ0n) is 10.7. The van der Waals surface area contributed by atoms with E-state index in [4.69, 9.17) is 9.47 Å². The molecule has 0 aromatic heterocycles. The Morgan fingerprint density at radius 3 is 2.28 bits per heavy atom. The third-order valence-corrected chi connectivity index (χ3v) is 3.21. The topological polar surface area (TPSA) is 62.2 Å². The van der Waals surface area contributed by atoms with E-state index in [0.29, 0.717) is 19.0 Å². The molecule has 1 heterocycles. The molecule has 2 rings (SSSR count). The summed E-state index contributed by atoms with van der Waals surface area (Å²) in [5.74, 6) is 1.46. The van der Waals surface area contributed by atoms with Gasteiger partial charge in [0.15, 0.2) is 11.5 Å². The summed E-state index contributed by atoms with van der Waals surface area (Å²) in [5, 5.41) is 18.5. The van der Waals surface area contributed by atoms with Crippen LogP contribution in [-0.4, -0.2) is 49.7 Å². The zero-order valence-corrected chi connectivity index (χ0v) is 10.7. The molecule has 0 saturated heterocycles. The molecule has 0 spiro atoms. The molecule has 0 radical (unpaired) electrons. The average Bonchev–Trinajstić information content (AvgIpc) is 2.39. The van der Waals surface area contributed by atoms with Gasteiger partial charge in [0, 0.05) is 18.8 Å². The Labute approximate surface area is 107 Å². The van der Waals surface area contributed by atoms with Crippen molar-refractivity contribution in [2.45, 2.75) is 13.0 Å². The Morgan fingerprint density at radius 1 is 1.17 bits per heavy atom. The number of aliphatic hydroxyl groups is 2. The summed E-state index contributed by atoms with van der Waals surface area (Å²) in [5.41, 5.74) is 1.95. The third-order valence-electron chi connectivity index (χ3n) is 3.21. The molecule has 0 amide bonds. The summed E-state index contributed by atoms with van der Waals surface area (Å²) < 4.78 is 11.0. The van der Waals surface area contributed by atoms with E-state index in [1.165, 1.54) is 0 Å². The SMILES string of the molecule is Cc1cc2c(cc1N(C)C(CO)CO)OCCO2. The molecule has 0 aliphatic carbocycles. The molecule has 0 saturated carbocycles. The van der Waals surface area contributed by atoms with Crippen LogP contribution in [0.5, 0.6) is 11.5 Å². The fourth-order valence-corrected chi connectivity index (χ4v) is 2.06.